The first-order valence-electron chi connectivity index (χ1n) is 9.97. The smallest absolute Gasteiger partial charge is 0.323 e. The Kier molecular flexibility index (Phi) is 6.41. The predicted molar refractivity (Wildman–Crippen MR) is 126 cm³/mol. The van der Waals surface area contributed by atoms with Crippen LogP contribution in [0.3, 0.4) is 0 Å². The maximum Gasteiger partial charge on any atom is 0.323 e. The van der Waals surface area contributed by atoms with Crippen molar-refractivity contribution in [2.45, 2.75) is 13.8 Å². The lowest BCUT2D eigenvalue weighted by Gasteiger charge is -2.12. The van der Waals surface area contributed by atoms with Crippen molar-refractivity contribution in [2.75, 3.05) is 17.7 Å². The molecule has 0 radical (unpaired) electrons. The number of carbonyl (C=O) groups is 1. The summed E-state index contributed by atoms with van der Waals surface area (Å²) in [6.07, 6.45) is 1.71. The Morgan fingerprint density at radius 1 is 1.00 bits per heavy atom. The Bertz CT molecular complexity index is 1270. The summed E-state index contributed by atoms with van der Waals surface area (Å²) in [5.41, 5.74) is 2.98. The third kappa shape index (κ3) is 5.21. The van der Waals surface area contributed by atoms with E-state index in [1.165, 1.54) is 7.11 Å². The van der Waals surface area contributed by atoms with Gasteiger partial charge < -0.3 is 20.1 Å². The van der Waals surface area contributed by atoms with Gasteiger partial charge in [0.15, 0.2) is 5.82 Å². The summed E-state index contributed by atoms with van der Waals surface area (Å²) in [4.78, 5) is 16.6. The standard InChI is InChI=1S/C23H21ClN6O3/c1-14-15(2)30(13-25-14)21-10-11-22(29-28-21)33-18-7-5-17(6-8-18)26-23(31)27-19-12-16(24)4-9-20(19)32-3/h4-13H,1-3H3,(H2,26,27,31). The fourth-order valence-electron chi connectivity index (χ4n) is 3.02. The van der Waals surface area contributed by atoms with E-state index in [-0.39, 0.29) is 0 Å². The fraction of sp³-hybridized carbons (Fsp3) is 0.130. The van der Waals surface area contributed by atoms with Crippen molar-refractivity contribution in [3.63, 3.8) is 0 Å². The van der Waals surface area contributed by atoms with Crippen LogP contribution in [-0.4, -0.2) is 32.9 Å². The Hall–Kier alpha value is -4.11. The highest BCUT2D eigenvalue weighted by Crippen LogP contribution is 2.28. The van der Waals surface area contributed by atoms with Crippen LogP contribution in [0.4, 0.5) is 16.2 Å². The van der Waals surface area contributed by atoms with E-state index in [2.05, 4.69) is 25.8 Å². The van der Waals surface area contributed by atoms with Crippen LogP contribution in [0, 0.1) is 13.8 Å². The molecule has 0 aliphatic carbocycles. The largest absolute Gasteiger partial charge is 0.495 e. The molecule has 9 nitrogen and oxygen atoms in total. The van der Waals surface area contributed by atoms with Gasteiger partial charge in [-0.1, -0.05) is 11.6 Å². The van der Waals surface area contributed by atoms with Crippen LogP contribution in [0.5, 0.6) is 17.4 Å². The van der Waals surface area contributed by atoms with Crippen LogP contribution in [0.15, 0.2) is 60.9 Å². The molecule has 2 N–H and O–H groups in total. The second-order valence-corrected chi connectivity index (χ2v) is 7.50. The summed E-state index contributed by atoms with van der Waals surface area (Å²) in [5, 5.41) is 14.3. The molecule has 4 rings (SSSR count). The van der Waals surface area contributed by atoms with E-state index in [1.807, 2.05) is 18.4 Å². The lowest BCUT2D eigenvalue weighted by Crippen LogP contribution is -2.19. The molecule has 0 unspecified atom stereocenters. The first-order chi connectivity index (χ1) is 15.9. The van der Waals surface area contributed by atoms with Crippen molar-refractivity contribution in [3.8, 4) is 23.2 Å². The van der Waals surface area contributed by atoms with Gasteiger partial charge in [-0.3, -0.25) is 4.57 Å². The molecule has 168 valence electrons. The lowest BCUT2D eigenvalue weighted by atomic mass is 10.3. The minimum Gasteiger partial charge on any atom is -0.495 e. The first-order valence-corrected chi connectivity index (χ1v) is 10.3. The van der Waals surface area contributed by atoms with E-state index in [1.54, 1.807) is 60.9 Å². The molecule has 2 amide bonds. The maximum absolute atomic E-state index is 12.3. The van der Waals surface area contributed by atoms with Gasteiger partial charge in [-0.25, -0.2) is 9.78 Å². The van der Waals surface area contributed by atoms with Gasteiger partial charge in [-0.05, 0) is 62.4 Å². The number of urea groups is 1. The van der Waals surface area contributed by atoms with E-state index < -0.39 is 6.03 Å². The van der Waals surface area contributed by atoms with Gasteiger partial charge in [-0.2, -0.15) is 0 Å². The van der Waals surface area contributed by atoms with Crippen LogP contribution >= 0.6 is 11.6 Å². The number of methoxy groups -OCH3 is 1. The molecule has 0 fully saturated rings. The molecule has 0 atom stereocenters. The molecule has 2 aromatic carbocycles. The Balaban J connectivity index is 1.37. The number of rotatable bonds is 6. The Labute approximate surface area is 195 Å². The lowest BCUT2D eigenvalue weighted by molar-refractivity contribution is 0.262. The van der Waals surface area contributed by atoms with Crippen molar-refractivity contribution in [2.24, 2.45) is 0 Å². The van der Waals surface area contributed by atoms with Crippen LogP contribution in [0.2, 0.25) is 5.02 Å². The third-order valence-corrected chi connectivity index (χ3v) is 5.10. The zero-order valence-corrected chi connectivity index (χ0v) is 18.9. The predicted octanol–water partition coefficient (Wildman–Crippen LogP) is 5.38. The number of ether oxygens (including phenoxy) is 2. The first kappa shape index (κ1) is 22.1. The highest BCUT2D eigenvalue weighted by molar-refractivity contribution is 6.31. The summed E-state index contributed by atoms with van der Waals surface area (Å²) in [6, 6.07) is 14.9. The topological polar surface area (TPSA) is 103 Å². The van der Waals surface area contributed by atoms with Crippen molar-refractivity contribution >= 4 is 29.0 Å². The van der Waals surface area contributed by atoms with Gasteiger partial charge in [0, 0.05) is 22.5 Å². The number of hydrogen-bond acceptors (Lipinski definition) is 6. The van der Waals surface area contributed by atoms with Crippen LogP contribution < -0.4 is 20.1 Å². The summed E-state index contributed by atoms with van der Waals surface area (Å²) in [7, 11) is 1.52. The molecule has 0 bridgehead atoms. The zero-order chi connectivity index (χ0) is 23.4. The molecule has 0 spiro atoms. The fourth-order valence-corrected chi connectivity index (χ4v) is 3.19. The SMILES string of the molecule is COc1ccc(Cl)cc1NC(=O)Nc1ccc(Oc2ccc(-n3cnc(C)c3C)nn2)cc1. The Morgan fingerprint density at radius 2 is 1.79 bits per heavy atom. The van der Waals surface area contributed by atoms with Gasteiger partial charge in [0.25, 0.3) is 0 Å². The molecule has 2 heterocycles. The summed E-state index contributed by atoms with van der Waals surface area (Å²) in [5.74, 6) is 2.06. The molecular weight excluding hydrogens is 444 g/mol. The van der Waals surface area contributed by atoms with E-state index in [0.717, 1.165) is 11.4 Å². The van der Waals surface area contributed by atoms with Gasteiger partial charge in [0.05, 0.1) is 18.5 Å². The summed E-state index contributed by atoms with van der Waals surface area (Å²) in [6.45, 7) is 3.91. The highest BCUT2D eigenvalue weighted by atomic mass is 35.5. The van der Waals surface area contributed by atoms with Crippen molar-refractivity contribution in [1.29, 1.82) is 0 Å². The number of benzene rings is 2. The molecule has 33 heavy (non-hydrogen) atoms. The molecule has 4 aromatic rings. The zero-order valence-electron chi connectivity index (χ0n) is 18.2. The molecule has 0 aliphatic heterocycles. The van der Waals surface area contributed by atoms with Crippen molar-refractivity contribution in [1.82, 2.24) is 19.7 Å². The van der Waals surface area contributed by atoms with Gasteiger partial charge in [-0.15, -0.1) is 10.2 Å². The molecule has 10 heteroatoms. The molecular formula is C23H21ClN6O3. The number of aromatic nitrogens is 4. The van der Waals surface area contributed by atoms with E-state index in [0.29, 0.717) is 39.6 Å². The summed E-state index contributed by atoms with van der Waals surface area (Å²) < 4.78 is 12.8. The molecule has 0 aliphatic rings. The van der Waals surface area contributed by atoms with Crippen LogP contribution in [-0.2, 0) is 0 Å². The number of aryl methyl sites for hydroxylation is 1. The second-order valence-electron chi connectivity index (χ2n) is 7.07. The van der Waals surface area contributed by atoms with Crippen molar-refractivity contribution in [3.05, 3.63) is 77.3 Å². The van der Waals surface area contributed by atoms with Gasteiger partial charge in [0.2, 0.25) is 5.88 Å². The number of hydrogen-bond donors (Lipinski definition) is 2. The van der Waals surface area contributed by atoms with E-state index >= 15 is 0 Å². The maximum atomic E-state index is 12.3. The monoisotopic (exact) mass is 464 g/mol. The van der Waals surface area contributed by atoms with Crippen LogP contribution in [0.1, 0.15) is 11.4 Å². The minimum atomic E-state index is -0.435. The number of anilines is 2. The van der Waals surface area contributed by atoms with Crippen molar-refractivity contribution < 1.29 is 14.3 Å². The number of nitrogens with zero attached hydrogens (tertiary/aromatic N) is 4. The van der Waals surface area contributed by atoms with E-state index in [4.69, 9.17) is 21.1 Å². The average molecular weight is 465 g/mol. The highest BCUT2D eigenvalue weighted by Gasteiger charge is 2.10. The molecule has 0 saturated heterocycles. The van der Waals surface area contributed by atoms with Gasteiger partial charge in [0.1, 0.15) is 17.8 Å². The van der Waals surface area contributed by atoms with Crippen LogP contribution in [0.25, 0.3) is 5.82 Å². The molecule has 2 aromatic heterocycles. The minimum absolute atomic E-state index is 0.347. The quantitative estimate of drug-likeness (QED) is 0.397. The van der Waals surface area contributed by atoms with Gasteiger partial charge >= 0.3 is 6.03 Å². The number of halogens is 1. The number of nitrogens with one attached hydrogen (secondary N) is 2. The number of carbonyl (C=O) groups excluding carboxylic acids is 1. The Morgan fingerprint density at radius 3 is 2.42 bits per heavy atom. The summed E-state index contributed by atoms with van der Waals surface area (Å²) >= 11 is 5.99. The number of amides is 2. The normalized spacial score (nSPS) is 10.5. The average Bonchev–Trinajstić information content (AvgIpc) is 3.14. The third-order valence-electron chi connectivity index (χ3n) is 4.87. The molecule has 0 saturated carbocycles. The number of imidazole rings is 1. The second kappa shape index (κ2) is 9.58. The van der Waals surface area contributed by atoms with E-state index in [9.17, 15) is 4.79 Å².